The van der Waals surface area contributed by atoms with E-state index in [4.69, 9.17) is 4.52 Å². The van der Waals surface area contributed by atoms with E-state index in [1.807, 2.05) is 12.3 Å². The summed E-state index contributed by atoms with van der Waals surface area (Å²) in [6.45, 7) is 3.03. The fourth-order valence-corrected chi connectivity index (χ4v) is 3.11. The molecule has 3 heterocycles. The number of nitrogens with one attached hydrogen (secondary N) is 1. The van der Waals surface area contributed by atoms with E-state index >= 15 is 0 Å². The van der Waals surface area contributed by atoms with Crippen molar-refractivity contribution in [2.45, 2.75) is 45.1 Å². The molecule has 1 fully saturated rings. The predicted octanol–water partition coefficient (Wildman–Crippen LogP) is 2.63. The van der Waals surface area contributed by atoms with Crippen LogP contribution in [-0.4, -0.2) is 21.7 Å². The molecule has 102 valence electrons. The standard InChI is InChI=1S/C13H18N4OS/c1-9-8-19-12(15-9)7-11-16-13(18-17-11)10-5-3-2-4-6-14-10/h8,10,14H,2-7H2,1H3. The summed E-state index contributed by atoms with van der Waals surface area (Å²) in [5.41, 5.74) is 1.05. The van der Waals surface area contributed by atoms with Gasteiger partial charge in [-0.2, -0.15) is 4.98 Å². The third-order valence-corrected chi connectivity index (χ3v) is 4.28. The molecule has 1 aliphatic heterocycles. The maximum atomic E-state index is 5.39. The maximum Gasteiger partial charge on any atom is 0.243 e. The molecule has 0 spiro atoms. The van der Waals surface area contributed by atoms with Gasteiger partial charge in [0, 0.05) is 11.1 Å². The van der Waals surface area contributed by atoms with Crippen LogP contribution in [0, 0.1) is 6.92 Å². The van der Waals surface area contributed by atoms with Gasteiger partial charge in [-0.25, -0.2) is 4.98 Å². The summed E-state index contributed by atoms with van der Waals surface area (Å²) >= 11 is 1.64. The zero-order chi connectivity index (χ0) is 13.1. The number of aryl methyl sites for hydroxylation is 1. The molecular formula is C13H18N4OS. The highest BCUT2D eigenvalue weighted by atomic mass is 32.1. The number of aromatic nitrogens is 3. The first-order valence-electron chi connectivity index (χ1n) is 6.78. The molecule has 0 amide bonds. The fourth-order valence-electron chi connectivity index (χ4n) is 2.34. The molecule has 19 heavy (non-hydrogen) atoms. The van der Waals surface area contributed by atoms with Gasteiger partial charge in [0.2, 0.25) is 5.89 Å². The van der Waals surface area contributed by atoms with E-state index in [0.717, 1.165) is 35.4 Å². The third kappa shape index (κ3) is 3.19. The van der Waals surface area contributed by atoms with E-state index in [0.29, 0.717) is 6.42 Å². The second-order valence-electron chi connectivity index (χ2n) is 4.96. The highest BCUT2D eigenvalue weighted by Gasteiger charge is 2.20. The normalized spacial score (nSPS) is 20.4. The third-order valence-electron chi connectivity index (χ3n) is 3.32. The second-order valence-corrected chi connectivity index (χ2v) is 5.91. The molecule has 0 bridgehead atoms. The van der Waals surface area contributed by atoms with Crippen LogP contribution in [0.1, 0.15) is 54.1 Å². The minimum Gasteiger partial charge on any atom is -0.338 e. The summed E-state index contributed by atoms with van der Waals surface area (Å²) in [5, 5.41) is 10.6. The Bertz CT molecular complexity index is 528. The second kappa shape index (κ2) is 5.79. The average molecular weight is 278 g/mol. The Kier molecular flexibility index (Phi) is 3.89. The molecule has 0 aliphatic carbocycles. The van der Waals surface area contributed by atoms with Crippen LogP contribution in [0.4, 0.5) is 0 Å². The molecule has 3 rings (SSSR count). The van der Waals surface area contributed by atoms with Crippen molar-refractivity contribution in [3.63, 3.8) is 0 Å². The molecule has 1 unspecified atom stereocenters. The van der Waals surface area contributed by atoms with Crippen molar-refractivity contribution in [1.82, 2.24) is 20.4 Å². The van der Waals surface area contributed by atoms with Crippen LogP contribution in [0.2, 0.25) is 0 Å². The van der Waals surface area contributed by atoms with E-state index in [1.165, 1.54) is 19.3 Å². The molecule has 0 saturated carbocycles. The molecule has 2 aromatic heterocycles. The molecule has 1 atom stereocenters. The first-order valence-corrected chi connectivity index (χ1v) is 7.66. The molecule has 2 aromatic rings. The van der Waals surface area contributed by atoms with Crippen molar-refractivity contribution >= 4 is 11.3 Å². The van der Waals surface area contributed by atoms with E-state index in [2.05, 4.69) is 20.4 Å². The lowest BCUT2D eigenvalue weighted by atomic mass is 10.1. The quantitative estimate of drug-likeness (QED) is 0.935. The Morgan fingerprint density at radius 3 is 3.16 bits per heavy atom. The van der Waals surface area contributed by atoms with Crippen molar-refractivity contribution in [3.8, 4) is 0 Å². The average Bonchev–Trinajstić information content (AvgIpc) is 2.92. The minimum atomic E-state index is 0.224. The van der Waals surface area contributed by atoms with Gasteiger partial charge in [0.1, 0.15) is 5.01 Å². The lowest BCUT2D eigenvalue weighted by Gasteiger charge is -2.09. The van der Waals surface area contributed by atoms with E-state index in [1.54, 1.807) is 11.3 Å². The van der Waals surface area contributed by atoms with Crippen LogP contribution >= 0.6 is 11.3 Å². The molecule has 0 aromatic carbocycles. The van der Waals surface area contributed by atoms with Gasteiger partial charge in [-0.1, -0.05) is 18.0 Å². The van der Waals surface area contributed by atoms with Crippen molar-refractivity contribution in [3.05, 3.63) is 27.8 Å². The van der Waals surface area contributed by atoms with Gasteiger partial charge >= 0.3 is 0 Å². The van der Waals surface area contributed by atoms with Crippen LogP contribution < -0.4 is 5.32 Å². The van der Waals surface area contributed by atoms with Gasteiger partial charge in [0.05, 0.1) is 12.5 Å². The fraction of sp³-hybridized carbons (Fsp3) is 0.615. The van der Waals surface area contributed by atoms with E-state index < -0.39 is 0 Å². The Morgan fingerprint density at radius 2 is 2.32 bits per heavy atom. The molecule has 5 nitrogen and oxygen atoms in total. The summed E-state index contributed by atoms with van der Waals surface area (Å²) in [7, 11) is 0. The molecule has 1 saturated heterocycles. The maximum absolute atomic E-state index is 5.39. The minimum absolute atomic E-state index is 0.224. The lowest BCUT2D eigenvalue weighted by Crippen LogP contribution is -2.20. The van der Waals surface area contributed by atoms with Crippen LogP contribution in [0.5, 0.6) is 0 Å². The number of hydrogen-bond acceptors (Lipinski definition) is 6. The van der Waals surface area contributed by atoms with Crippen LogP contribution in [0.25, 0.3) is 0 Å². The highest BCUT2D eigenvalue weighted by molar-refractivity contribution is 7.09. The van der Waals surface area contributed by atoms with Crippen LogP contribution in [-0.2, 0) is 6.42 Å². The zero-order valence-corrected chi connectivity index (χ0v) is 11.9. The van der Waals surface area contributed by atoms with Gasteiger partial charge in [0.25, 0.3) is 0 Å². The summed E-state index contributed by atoms with van der Waals surface area (Å²) in [6.07, 6.45) is 5.48. The molecule has 0 radical (unpaired) electrons. The van der Waals surface area contributed by atoms with Gasteiger partial charge in [-0.05, 0) is 26.3 Å². The summed E-state index contributed by atoms with van der Waals surface area (Å²) < 4.78 is 5.39. The number of rotatable bonds is 3. The van der Waals surface area contributed by atoms with Crippen molar-refractivity contribution < 1.29 is 4.52 Å². The predicted molar refractivity (Wildman–Crippen MR) is 73.2 cm³/mol. The largest absolute Gasteiger partial charge is 0.338 e. The summed E-state index contributed by atoms with van der Waals surface area (Å²) in [6, 6.07) is 0.224. The first-order chi connectivity index (χ1) is 9.31. The van der Waals surface area contributed by atoms with Gasteiger partial charge in [-0.15, -0.1) is 11.3 Å². The first kappa shape index (κ1) is 12.7. The zero-order valence-electron chi connectivity index (χ0n) is 11.1. The summed E-state index contributed by atoms with van der Waals surface area (Å²) in [5.74, 6) is 1.46. The Balaban J connectivity index is 1.68. The molecular weight excluding hydrogens is 260 g/mol. The summed E-state index contributed by atoms with van der Waals surface area (Å²) in [4.78, 5) is 8.93. The lowest BCUT2D eigenvalue weighted by molar-refractivity contribution is 0.325. The van der Waals surface area contributed by atoms with Crippen LogP contribution in [0.15, 0.2) is 9.90 Å². The Hall–Kier alpha value is -1.27. The Labute approximate surface area is 116 Å². The smallest absolute Gasteiger partial charge is 0.243 e. The van der Waals surface area contributed by atoms with E-state index in [9.17, 15) is 0 Å². The van der Waals surface area contributed by atoms with Gasteiger partial charge in [0.15, 0.2) is 5.82 Å². The SMILES string of the molecule is Cc1csc(Cc2noc(C3CCCCCN3)n2)n1. The van der Waals surface area contributed by atoms with E-state index in [-0.39, 0.29) is 6.04 Å². The van der Waals surface area contributed by atoms with Gasteiger partial charge < -0.3 is 9.84 Å². The highest BCUT2D eigenvalue weighted by Crippen LogP contribution is 2.22. The monoisotopic (exact) mass is 278 g/mol. The van der Waals surface area contributed by atoms with Crippen molar-refractivity contribution in [1.29, 1.82) is 0 Å². The molecule has 1 aliphatic rings. The van der Waals surface area contributed by atoms with Crippen molar-refractivity contribution in [2.24, 2.45) is 0 Å². The topological polar surface area (TPSA) is 63.8 Å². The Morgan fingerprint density at radius 1 is 1.37 bits per heavy atom. The molecule has 1 N–H and O–H groups in total. The number of nitrogens with zero attached hydrogens (tertiary/aromatic N) is 3. The van der Waals surface area contributed by atoms with Crippen LogP contribution in [0.3, 0.4) is 0 Å². The molecule has 6 heteroatoms. The van der Waals surface area contributed by atoms with Gasteiger partial charge in [-0.3, -0.25) is 0 Å². The van der Waals surface area contributed by atoms with Crippen molar-refractivity contribution in [2.75, 3.05) is 6.54 Å². The number of hydrogen-bond donors (Lipinski definition) is 1. The number of thiazole rings is 1.